The molecule has 0 aliphatic rings. The zero-order valence-electron chi connectivity index (χ0n) is 16.1. The fraction of sp³-hybridized carbons (Fsp3) is 0.273. The smallest absolute Gasteiger partial charge is 0.273 e. The Hall–Kier alpha value is -2.99. The van der Waals surface area contributed by atoms with Crippen molar-refractivity contribution in [3.63, 3.8) is 0 Å². The van der Waals surface area contributed by atoms with Gasteiger partial charge in [0.1, 0.15) is 12.1 Å². The number of carbonyl (C=O) groups excluding carboxylic acids is 1. The van der Waals surface area contributed by atoms with Crippen LogP contribution in [0, 0.1) is 5.82 Å². The van der Waals surface area contributed by atoms with Gasteiger partial charge in [0.2, 0.25) is 5.89 Å². The molecule has 28 heavy (non-hydrogen) atoms. The van der Waals surface area contributed by atoms with E-state index in [1.54, 1.807) is 12.1 Å². The monoisotopic (exact) mass is 381 g/mol. The summed E-state index contributed by atoms with van der Waals surface area (Å²) in [6, 6.07) is 16.7. The molecule has 5 nitrogen and oxygen atoms in total. The number of rotatable bonds is 8. The number of aromatic nitrogens is 1. The van der Waals surface area contributed by atoms with Gasteiger partial charge in [-0.15, -0.1) is 0 Å². The molecule has 1 N–H and O–H groups in total. The maximum Gasteiger partial charge on any atom is 0.273 e. The summed E-state index contributed by atoms with van der Waals surface area (Å²) in [5, 5.41) is 2.70. The largest absolute Gasteiger partial charge is 0.447 e. The van der Waals surface area contributed by atoms with Gasteiger partial charge in [0, 0.05) is 24.7 Å². The first-order chi connectivity index (χ1) is 13.6. The van der Waals surface area contributed by atoms with Gasteiger partial charge in [-0.05, 0) is 25.5 Å². The third-order valence-corrected chi connectivity index (χ3v) is 4.62. The Kier molecular flexibility index (Phi) is 6.55. The minimum absolute atomic E-state index is 0.000578. The number of nitrogens with zero attached hydrogens (tertiary/aromatic N) is 2. The highest BCUT2D eigenvalue weighted by Gasteiger charge is 2.21. The van der Waals surface area contributed by atoms with Crippen LogP contribution in [0.25, 0.3) is 0 Å². The molecule has 1 aromatic heterocycles. The molecule has 146 valence electrons. The molecule has 1 heterocycles. The van der Waals surface area contributed by atoms with E-state index in [2.05, 4.69) is 22.1 Å². The van der Waals surface area contributed by atoms with E-state index in [1.807, 2.05) is 43.3 Å². The molecular weight excluding hydrogens is 357 g/mol. The van der Waals surface area contributed by atoms with Crippen molar-refractivity contribution >= 4 is 5.91 Å². The minimum atomic E-state index is -0.269. The van der Waals surface area contributed by atoms with Gasteiger partial charge in [-0.2, -0.15) is 0 Å². The highest BCUT2D eigenvalue weighted by Crippen LogP contribution is 2.25. The molecular formula is C22H24FN3O2. The van der Waals surface area contributed by atoms with Gasteiger partial charge in [0.15, 0.2) is 5.69 Å². The van der Waals surface area contributed by atoms with Crippen molar-refractivity contribution < 1.29 is 13.6 Å². The van der Waals surface area contributed by atoms with Crippen LogP contribution in [0.15, 0.2) is 65.3 Å². The van der Waals surface area contributed by atoms with Gasteiger partial charge < -0.3 is 9.73 Å². The predicted molar refractivity (Wildman–Crippen MR) is 105 cm³/mol. The molecule has 0 spiro atoms. The van der Waals surface area contributed by atoms with Gasteiger partial charge in [0.25, 0.3) is 5.91 Å². The third-order valence-electron chi connectivity index (χ3n) is 4.62. The summed E-state index contributed by atoms with van der Waals surface area (Å²) in [4.78, 5) is 18.3. The lowest BCUT2D eigenvalue weighted by Crippen LogP contribution is -2.27. The number of hydrogen-bond acceptors (Lipinski definition) is 4. The van der Waals surface area contributed by atoms with Crippen LogP contribution in [-0.4, -0.2) is 22.3 Å². The van der Waals surface area contributed by atoms with Crippen LogP contribution in [0.5, 0.6) is 0 Å². The second kappa shape index (κ2) is 9.28. The molecule has 1 unspecified atom stereocenters. The van der Waals surface area contributed by atoms with Crippen LogP contribution in [0.2, 0.25) is 0 Å². The standard InChI is InChI=1S/C22H24FN3O2/c1-3-24-22(27)20-15-28-21(25-20)14-26(13-18-11-7-8-12-19(18)23)16(2)17-9-5-4-6-10-17/h4-12,15-16H,3,13-14H2,1-2H3,(H,24,27). The molecule has 0 bridgehead atoms. The number of nitrogens with one attached hydrogen (secondary N) is 1. The molecule has 0 radical (unpaired) electrons. The normalized spacial score (nSPS) is 12.1. The van der Waals surface area contributed by atoms with Gasteiger partial charge >= 0.3 is 0 Å². The summed E-state index contributed by atoms with van der Waals surface area (Å²) < 4.78 is 19.7. The average Bonchev–Trinajstić information content (AvgIpc) is 3.18. The van der Waals surface area contributed by atoms with Crippen LogP contribution >= 0.6 is 0 Å². The van der Waals surface area contributed by atoms with Gasteiger partial charge in [-0.1, -0.05) is 48.5 Å². The second-order valence-electron chi connectivity index (χ2n) is 6.57. The maximum atomic E-state index is 14.2. The van der Waals surface area contributed by atoms with Gasteiger partial charge in [0.05, 0.1) is 6.54 Å². The van der Waals surface area contributed by atoms with Crippen molar-refractivity contribution in [3.05, 3.63) is 89.4 Å². The summed E-state index contributed by atoms with van der Waals surface area (Å²) >= 11 is 0. The lowest BCUT2D eigenvalue weighted by molar-refractivity contribution is 0.0950. The lowest BCUT2D eigenvalue weighted by Gasteiger charge is -2.28. The van der Waals surface area contributed by atoms with Crippen LogP contribution < -0.4 is 5.32 Å². The summed E-state index contributed by atoms with van der Waals surface area (Å²) in [5.74, 6) is -0.0992. The van der Waals surface area contributed by atoms with Crippen LogP contribution in [0.3, 0.4) is 0 Å². The van der Waals surface area contributed by atoms with Crippen molar-refractivity contribution in [2.45, 2.75) is 33.0 Å². The number of carbonyl (C=O) groups is 1. The fourth-order valence-corrected chi connectivity index (χ4v) is 3.03. The van der Waals surface area contributed by atoms with Crippen molar-refractivity contribution in [2.75, 3.05) is 6.54 Å². The van der Waals surface area contributed by atoms with Gasteiger partial charge in [-0.3, -0.25) is 9.69 Å². The summed E-state index contributed by atoms with van der Waals surface area (Å²) in [7, 11) is 0. The van der Waals surface area contributed by atoms with E-state index in [0.29, 0.717) is 31.1 Å². The first-order valence-corrected chi connectivity index (χ1v) is 9.33. The van der Waals surface area contributed by atoms with E-state index in [4.69, 9.17) is 4.42 Å². The lowest BCUT2D eigenvalue weighted by atomic mass is 10.1. The third kappa shape index (κ3) is 4.84. The number of benzene rings is 2. The second-order valence-corrected chi connectivity index (χ2v) is 6.57. The first kappa shape index (κ1) is 19.8. The molecule has 1 amide bonds. The van der Waals surface area contributed by atoms with Crippen molar-refractivity contribution in [1.82, 2.24) is 15.2 Å². The molecule has 0 aliphatic heterocycles. The Labute approximate surface area is 164 Å². The van der Waals surface area contributed by atoms with Crippen molar-refractivity contribution in [3.8, 4) is 0 Å². The molecule has 1 atom stereocenters. The zero-order chi connectivity index (χ0) is 19.9. The van der Waals surface area contributed by atoms with E-state index in [-0.39, 0.29) is 23.5 Å². The molecule has 0 saturated heterocycles. The molecule has 0 fully saturated rings. The summed E-state index contributed by atoms with van der Waals surface area (Å²) in [5.41, 5.74) is 1.95. The van der Waals surface area contributed by atoms with E-state index in [9.17, 15) is 9.18 Å². The maximum absolute atomic E-state index is 14.2. The van der Waals surface area contributed by atoms with E-state index < -0.39 is 0 Å². The molecule has 2 aromatic carbocycles. The Bertz CT molecular complexity index is 911. The SMILES string of the molecule is CCNC(=O)c1coc(CN(Cc2ccccc2F)C(C)c2ccccc2)n1. The molecule has 3 rings (SSSR count). The van der Waals surface area contributed by atoms with Crippen molar-refractivity contribution in [2.24, 2.45) is 0 Å². The highest BCUT2D eigenvalue weighted by atomic mass is 19.1. The van der Waals surface area contributed by atoms with E-state index >= 15 is 0 Å². The predicted octanol–water partition coefficient (Wildman–Crippen LogP) is 4.33. The quantitative estimate of drug-likeness (QED) is 0.631. The fourth-order valence-electron chi connectivity index (χ4n) is 3.03. The zero-order valence-corrected chi connectivity index (χ0v) is 16.1. The topological polar surface area (TPSA) is 58.4 Å². The number of halogens is 1. The van der Waals surface area contributed by atoms with Crippen molar-refractivity contribution in [1.29, 1.82) is 0 Å². The van der Waals surface area contributed by atoms with Crippen LogP contribution in [0.4, 0.5) is 4.39 Å². The number of hydrogen-bond donors (Lipinski definition) is 1. The Balaban J connectivity index is 1.84. The molecule has 3 aromatic rings. The first-order valence-electron chi connectivity index (χ1n) is 9.33. The highest BCUT2D eigenvalue weighted by molar-refractivity contribution is 5.91. The molecule has 6 heteroatoms. The minimum Gasteiger partial charge on any atom is -0.447 e. The summed E-state index contributed by atoms with van der Waals surface area (Å²) in [6.45, 7) is 5.16. The Morgan fingerprint density at radius 3 is 2.57 bits per heavy atom. The van der Waals surface area contributed by atoms with Gasteiger partial charge in [-0.25, -0.2) is 9.37 Å². The summed E-state index contributed by atoms with van der Waals surface area (Å²) in [6.07, 6.45) is 1.36. The number of oxazole rings is 1. The van der Waals surface area contributed by atoms with E-state index in [0.717, 1.165) is 5.56 Å². The van der Waals surface area contributed by atoms with Crippen LogP contribution in [0.1, 0.15) is 47.4 Å². The average molecular weight is 381 g/mol. The molecule has 0 saturated carbocycles. The Morgan fingerprint density at radius 1 is 1.14 bits per heavy atom. The number of amides is 1. The Morgan fingerprint density at radius 2 is 1.86 bits per heavy atom. The van der Waals surface area contributed by atoms with E-state index in [1.165, 1.54) is 12.3 Å². The van der Waals surface area contributed by atoms with Crippen LogP contribution in [-0.2, 0) is 13.1 Å². The molecule has 0 aliphatic carbocycles.